The smallest absolute Gasteiger partial charge is 0.329 e. The summed E-state index contributed by atoms with van der Waals surface area (Å²) in [5.41, 5.74) is 3.33. The molecule has 0 fully saturated rings. The third-order valence-corrected chi connectivity index (χ3v) is 5.51. The van der Waals surface area contributed by atoms with E-state index in [2.05, 4.69) is 4.98 Å². The molecular weight excluding hydrogens is 356 g/mol. The molecule has 1 atom stereocenters. The zero-order valence-corrected chi connectivity index (χ0v) is 15.5. The average molecular weight is 374 g/mol. The van der Waals surface area contributed by atoms with Crippen LogP contribution in [0.15, 0.2) is 53.3 Å². The molecule has 0 amide bonds. The number of nitrogens with one attached hydrogen (secondary N) is 1. The number of aromatic nitrogens is 2. The van der Waals surface area contributed by atoms with E-state index in [9.17, 15) is 9.59 Å². The van der Waals surface area contributed by atoms with Crippen molar-refractivity contribution in [3.8, 4) is 17.1 Å². The van der Waals surface area contributed by atoms with E-state index in [4.69, 9.17) is 9.47 Å². The minimum atomic E-state index is -0.703. The number of rotatable bonds is 2. The maximum Gasteiger partial charge on any atom is 0.329 e. The molecule has 5 rings (SSSR count). The van der Waals surface area contributed by atoms with Gasteiger partial charge in [0.2, 0.25) is 0 Å². The first kappa shape index (κ1) is 16.6. The van der Waals surface area contributed by atoms with Crippen LogP contribution in [0.1, 0.15) is 11.6 Å². The van der Waals surface area contributed by atoms with Crippen molar-refractivity contribution in [3.63, 3.8) is 0 Å². The van der Waals surface area contributed by atoms with Crippen LogP contribution in [0.5, 0.6) is 5.75 Å². The normalized spacial score (nSPS) is 15.3. The second-order valence-corrected chi connectivity index (χ2v) is 6.93. The number of hydrogen-bond donors (Lipinski definition) is 1. The molecule has 0 radical (unpaired) electrons. The standard InChI is InChI=1S/C22H18N2O4/c1-27-13-7-8-14-12(9-13)10-18-20-16(15-5-3-4-6-17(15)23-20)11-19(22(26)28-2)24(18)21(14)25/h3-10,19,23H,11H2,1-2H3/t19-/m0/s1. The lowest BCUT2D eigenvalue weighted by Gasteiger charge is -2.27. The number of carbonyl (C=O) groups is 1. The van der Waals surface area contributed by atoms with Crippen LogP contribution in [0.25, 0.3) is 33.1 Å². The van der Waals surface area contributed by atoms with Crippen molar-refractivity contribution < 1.29 is 14.3 Å². The SMILES string of the molecule is COC(=O)[C@@H]1Cc2c([nH]c3ccccc23)-c2cc3cc(OC)ccc3c(=O)n21. The van der Waals surface area contributed by atoms with Gasteiger partial charge in [-0.25, -0.2) is 4.79 Å². The Morgan fingerprint density at radius 3 is 2.71 bits per heavy atom. The molecule has 0 saturated heterocycles. The number of nitrogens with zero attached hydrogens (tertiary/aromatic N) is 1. The topological polar surface area (TPSA) is 73.3 Å². The van der Waals surface area contributed by atoms with E-state index >= 15 is 0 Å². The summed E-state index contributed by atoms with van der Waals surface area (Å²) in [5, 5.41) is 2.36. The number of carbonyl (C=O) groups excluding carboxylic acids is 1. The summed E-state index contributed by atoms with van der Waals surface area (Å²) in [6, 6.07) is 14.5. The van der Waals surface area contributed by atoms with Gasteiger partial charge in [0.15, 0.2) is 0 Å². The van der Waals surface area contributed by atoms with E-state index in [0.29, 0.717) is 23.3 Å². The quantitative estimate of drug-likeness (QED) is 0.546. The van der Waals surface area contributed by atoms with Crippen LogP contribution in [0.2, 0.25) is 0 Å². The van der Waals surface area contributed by atoms with Gasteiger partial charge in [0.25, 0.3) is 5.56 Å². The van der Waals surface area contributed by atoms with Crippen molar-refractivity contribution in [2.75, 3.05) is 14.2 Å². The summed E-state index contributed by atoms with van der Waals surface area (Å²) in [7, 11) is 2.94. The lowest BCUT2D eigenvalue weighted by Crippen LogP contribution is -2.35. The molecule has 2 aromatic heterocycles. The van der Waals surface area contributed by atoms with Crippen LogP contribution in [0, 0.1) is 0 Å². The van der Waals surface area contributed by atoms with Crippen molar-refractivity contribution in [2.24, 2.45) is 0 Å². The molecule has 140 valence electrons. The van der Waals surface area contributed by atoms with Crippen LogP contribution in [-0.2, 0) is 16.0 Å². The van der Waals surface area contributed by atoms with Crippen molar-refractivity contribution in [1.29, 1.82) is 0 Å². The number of pyridine rings is 1. The molecule has 0 saturated carbocycles. The third-order valence-electron chi connectivity index (χ3n) is 5.51. The Labute approximate surface area is 160 Å². The Morgan fingerprint density at radius 2 is 1.93 bits per heavy atom. The van der Waals surface area contributed by atoms with E-state index in [1.807, 2.05) is 36.4 Å². The first-order valence-corrected chi connectivity index (χ1v) is 9.03. The van der Waals surface area contributed by atoms with E-state index in [1.54, 1.807) is 23.8 Å². The van der Waals surface area contributed by atoms with Crippen LogP contribution >= 0.6 is 0 Å². The molecule has 1 aliphatic rings. The summed E-state index contributed by atoms with van der Waals surface area (Å²) in [6.07, 6.45) is 0.403. The summed E-state index contributed by atoms with van der Waals surface area (Å²) >= 11 is 0. The summed E-state index contributed by atoms with van der Waals surface area (Å²) in [4.78, 5) is 29.3. The molecule has 3 heterocycles. The fourth-order valence-corrected chi connectivity index (χ4v) is 4.18. The molecule has 1 N–H and O–H groups in total. The fourth-order valence-electron chi connectivity index (χ4n) is 4.18. The van der Waals surface area contributed by atoms with Gasteiger partial charge in [0.05, 0.1) is 25.6 Å². The maximum atomic E-state index is 13.3. The number of aromatic amines is 1. The highest BCUT2D eigenvalue weighted by Gasteiger charge is 2.34. The predicted molar refractivity (Wildman–Crippen MR) is 107 cm³/mol. The van der Waals surface area contributed by atoms with Gasteiger partial charge in [0.1, 0.15) is 11.8 Å². The molecule has 1 aliphatic heterocycles. The van der Waals surface area contributed by atoms with Gasteiger partial charge in [-0.05, 0) is 41.3 Å². The number of para-hydroxylation sites is 1. The van der Waals surface area contributed by atoms with Gasteiger partial charge in [0, 0.05) is 22.7 Å². The van der Waals surface area contributed by atoms with Crippen molar-refractivity contribution in [3.05, 3.63) is 64.4 Å². The van der Waals surface area contributed by atoms with Gasteiger partial charge in [-0.2, -0.15) is 0 Å². The Balaban J connectivity index is 1.90. The van der Waals surface area contributed by atoms with E-state index in [-0.39, 0.29) is 5.56 Å². The Bertz CT molecular complexity index is 1320. The van der Waals surface area contributed by atoms with Crippen LogP contribution < -0.4 is 10.3 Å². The zero-order valence-electron chi connectivity index (χ0n) is 15.5. The lowest BCUT2D eigenvalue weighted by atomic mass is 9.94. The van der Waals surface area contributed by atoms with Gasteiger partial charge in [-0.15, -0.1) is 0 Å². The zero-order chi connectivity index (χ0) is 19.4. The number of ether oxygens (including phenoxy) is 2. The second kappa shape index (κ2) is 5.99. The lowest BCUT2D eigenvalue weighted by molar-refractivity contribution is -0.144. The highest BCUT2D eigenvalue weighted by Crippen LogP contribution is 2.39. The molecule has 4 aromatic rings. The Hall–Kier alpha value is -3.54. The molecule has 2 aromatic carbocycles. The largest absolute Gasteiger partial charge is 0.497 e. The molecule has 28 heavy (non-hydrogen) atoms. The number of benzene rings is 2. The summed E-state index contributed by atoms with van der Waals surface area (Å²) < 4.78 is 11.9. The van der Waals surface area contributed by atoms with Crippen molar-refractivity contribution in [1.82, 2.24) is 9.55 Å². The maximum absolute atomic E-state index is 13.3. The fraction of sp³-hybridized carbons (Fsp3) is 0.182. The second-order valence-electron chi connectivity index (χ2n) is 6.93. The van der Waals surface area contributed by atoms with Gasteiger partial charge in [-0.3, -0.25) is 9.36 Å². The van der Waals surface area contributed by atoms with E-state index in [0.717, 1.165) is 27.5 Å². The van der Waals surface area contributed by atoms with Crippen LogP contribution in [-0.4, -0.2) is 29.7 Å². The van der Waals surface area contributed by atoms with E-state index < -0.39 is 12.0 Å². The Morgan fingerprint density at radius 1 is 1.11 bits per heavy atom. The van der Waals surface area contributed by atoms with Gasteiger partial charge >= 0.3 is 5.97 Å². The average Bonchev–Trinajstić information content (AvgIpc) is 3.11. The highest BCUT2D eigenvalue weighted by molar-refractivity contribution is 5.95. The minimum Gasteiger partial charge on any atom is -0.497 e. The van der Waals surface area contributed by atoms with Crippen LogP contribution in [0.3, 0.4) is 0 Å². The molecule has 0 bridgehead atoms. The van der Waals surface area contributed by atoms with Crippen LogP contribution in [0.4, 0.5) is 0 Å². The van der Waals surface area contributed by atoms with E-state index in [1.165, 1.54) is 7.11 Å². The number of hydrogen-bond acceptors (Lipinski definition) is 4. The molecule has 0 spiro atoms. The number of esters is 1. The number of fused-ring (bicyclic) bond motifs is 6. The molecule has 0 aliphatic carbocycles. The molecule has 0 unspecified atom stereocenters. The van der Waals surface area contributed by atoms with Gasteiger partial charge < -0.3 is 14.5 Å². The third kappa shape index (κ3) is 2.21. The predicted octanol–water partition coefficient (Wildman–Crippen LogP) is 3.43. The first-order valence-electron chi connectivity index (χ1n) is 9.03. The summed E-state index contributed by atoms with van der Waals surface area (Å²) in [6.45, 7) is 0. The Kier molecular flexibility index (Phi) is 3.55. The minimum absolute atomic E-state index is 0.213. The van der Waals surface area contributed by atoms with Gasteiger partial charge in [-0.1, -0.05) is 18.2 Å². The highest BCUT2D eigenvalue weighted by atomic mass is 16.5. The molecular formula is C22H18N2O4. The summed E-state index contributed by atoms with van der Waals surface area (Å²) in [5.74, 6) is 0.251. The number of methoxy groups -OCH3 is 2. The first-order chi connectivity index (χ1) is 13.6. The van der Waals surface area contributed by atoms with Crippen molar-refractivity contribution >= 4 is 27.6 Å². The molecule has 6 heteroatoms. The monoisotopic (exact) mass is 374 g/mol. The number of H-pyrrole nitrogens is 1. The van der Waals surface area contributed by atoms with Crippen molar-refractivity contribution in [2.45, 2.75) is 12.5 Å². The molecule has 6 nitrogen and oxygen atoms in total.